The van der Waals surface area contributed by atoms with E-state index in [0.717, 1.165) is 12.1 Å². The normalized spacial score (nSPS) is 9.04. The van der Waals surface area contributed by atoms with E-state index >= 15 is 0 Å². The maximum absolute atomic E-state index is 13.2. The molecule has 1 aromatic carbocycles. The van der Waals surface area contributed by atoms with E-state index in [4.69, 9.17) is 0 Å². The van der Waals surface area contributed by atoms with Crippen LogP contribution in [0.15, 0.2) is 67.1 Å². The smallest absolute Gasteiger partial charge is 0.0408 e. The molecule has 0 spiro atoms. The van der Waals surface area contributed by atoms with Crippen molar-refractivity contribution in [1.29, 1.82) is 0 Å². The van der Waals surface area contributed by atoms with Crippen molar-refractivity contribution in [3.63, 3.8) is 0 Å². The number of pyridine rings is 2. The van der Waals surface area contributed by atoms with E-state index in [1.54, 1.807) is 36.8 Å². The van der Waals surface area contributed by atoms with Crippen LogP contribution in [-0.4, -0.2) is 18.8 Å². The molecule has 3 rings (SSSR count). The summed E-state index contributed by atoms with van der Waals surface area (Å²) in [6.45, 7) is 6.81. The second-order valence-electron chi connectivity index (χ2n) is 5.28. The quantitative estimate of drug-likeness (QED) is 0.314. The van der Waals surface area contributed by atoms with Gasteiger partial charge in [-0.3, -0.25) is 13.8 Å². The first kappa shape index (κ1) is 23.2. The zero-order chi connectivity index (χ0) is 17.8. The number of hydrogen-bond acceptors (Lipinski definition) is 2. The Hall–Kier alpha value is -1.75. The van der Waals surface area contributed by atoms with Gasteiger partial charge in [0.15, 0.2) is 0 Å². The summed E-state index contributed by atoms with van der Waals surface area (Å²) in [5, 5.41) is 0. The monoisotopic (exact) mass is 535 g/mol. The molecule has 0 saturated carbocycles. The fourth-order valence-electron chi connectivity index (χ4n) is 1.46. The van der Waals surface area contributed by atoms with Crippen LogP contribution in [0.2, 0.25) is 19.6 Å². The largest absolute Gasteiger partial charge is 0.305 e. The molecule has 2 heterocycles. The van der Waals surface area contributed by atoms with Gasteiger partial charge in [0, 0.05) is 59.1 Å². The average Bonchev–Trinajstić information content (AvgIpc) is 2.57. The minimum atomic E-state index is -0.649. The molecule has 25 heavy (non-hydrogen) atoms. The molecule has 0 atom stereocenters. The van der Waals surface area contributed by atoms with E-state index in [2.05, 4.69) is 35.7 Å². The first-order valence-electron chi connectivity index (χ1n) is 7.40. The predicted molar refractivity (Wildman–Crippen MR) is 96.0 cm³/mol. The third kappa shape index (κ3) is 10.7. The number of hydrogen-bond donors (Lipinski definition) is 0. The molecule has 0 saturated heterocycles. The van der Waals surface area contributed by atoms with Crippen LogP contribution in [0.25, 0.3) is 11.3 Å². The third-order valence-electron chi connectivity index (χ3n) is 2.35. The molecule has 6 heteroatoms. The van der Waals surface area contributed by atoms with Gasteiger partial charge in [0.25, 0.3) is 0 Å². The summed E-state index contributed by atoms with van der Waals surface area (Å²) < 4.78 is 25.8. The van der Waals surface area contributed by atoms with Crippen molar-refractivity contribution in [3.8, 4) is 11.3 Å². The van der Waals surface area contributed by atoms with Crippen molar-refractivity contribution in [3.05, 3.63) is 84.8 Å². The summed E-state index contributed by atoms with van der Waals surface area (Å²) in [7, 11) is 0.120. The van der Waals surface area contributed by atoms with E-state index in [1.807, 2.05) is 18.2 Å². The first-order valence-corrected chi connectivity index (χ1v) is 10.4. The van der Waals surface area contributed by atoms with Gasteiger partial charge < -0.3 is 4.98 Å². The molecular formula is C19H20F2IrN2Si-. The Morgan fingerprint density at radius 3 is 1.92 bits per heavy atom. The van der Waals surface area contributed by atoms with E-state index < -0.39 is 11.6 Å². The zero-order valence-corrected chi connectivity index (χ0v) is 17.7. The van der Waals surface area contributed by atoms with Gasteiger partial charge in [-0.05, 0) is 23.9 Å². The van der Waals surface area contributed by atoms with Gasteiger partial charge in [-0.1, -0.05) is 49.5 Å². The molecule has 0 bridgehead atoms. The molecule has 0 aliphatic carbocycles. The number of benzene rings is 1. The molecule has 0 aliphatic heterocycles. The molecule has 0 fully saturated rings. The van der Waals surface area contributed by atoms with Gasteiger partial charge in [-0.15, -0.1) is 12.1 Å². The maximum atomic E-state index is 13.2. The Morgan fingerprint density at radius 2 is 1.52 bits per heavy atom. The van der Waals surface area contributed by atoms with Gasteiger partial charge in [0.05, 0.1) is 0 Å². The molecule has 0 N–H and O–H groups in total. The molecule has 3 aromatic rings. The summed E-state index contributed by atoms with van der Waals surface area (Å²) in [5.41, 5.74) is 0.636. The van der Waals surface area contributed by atoms with Crippen LogP contribution in [0, 0.1) is 17.7 Å². The fraction of sp³-hybridized carbons (Fsp3) is 0.158. The van der Waals surface area contributed by atoms with Crippen molar-refractivity contribution in [2.45, 2.75) is 19.6 Å². The molecular weight excluding hydrogens is 515 g/mol. The number of halogens is 2. The Balaban J connectivity index is 0.000000437. The number of nitrogens with zero attached hydrogens (tertiary/aromatic N) is 2. The first-order chi connectivity index (χ1) is 11.5. The molecule has 134 valence electrons. The second kappa shape index (κ2) is 13.5. The maximum Gasteiger partial charge on any atom is 0.0408 e. The van der Waals surface area contributed by atoms with Gasteiger partial charge in [-0.2, -0.15) is 0 Å². The van der Waals surface area contributed by atoms with E-state index in [0.29, 0.717) is 5.69 Å². The summed E-state index contributed by atoms with van der Waals surface area (Å²) >= 11 is 0. The Kier molecular flexibility index (Phi) is 12.6. The standard InChI is InChI=1S/C11H6F2N.C5H5N.C3H9Si.Ir/c12-8-4-5-9(10(13)7-8)11-3-1-2-6-14-11;1-2-4-6-5-3-1;1-4(2)3;/h1-4,6-7H;1-5H;1-3H3;/q-1;;;. The fourth-order valence-corrected chi connectivity index (χ4v) is 1.46. The van der Waals surface area contributed by atoms with Crippen molar-refractivity contribution >= 4 is 8.80 Å². The van der Waals surface area contributed by atoms with Crippen LogP contribution >= 0.6 is 0 Å². The van der Waals surface area contributed by atoms with Gasteiger partial charge in [0.2, 0.25) is 0 Å². The van der Waals surface area contributed by atoms with E-state index in [-0.39, 0.29) is 34.5 Å². The minimum absolute atomic E-state index is 0. The molecule has 2 aromatic heterocycles. The van der Waals surface area contributed by atoms with Crippen LogP contribution in [0.1, 0.15) is 0 Å². The van der Waals surface area contributed by atoms with Gasteiger partial charge >= 0.3 is 0 Å². The van der Waals surface area contributed by atoms with Gasteiger partial charge in [0.1, 0.15) is 0 Å². The van der Waals surface area contributed by atoms with E-state index in [1.165, 1.54) is 0 Å². The predicted octanol–water partition coefficient (Wildman–Crippen LogP) is 5.28. The van der Waals surface area contributed by atoms with Crippen molar-refractivity contribution in [1.82, 2.24) is 9.97 Å². The average molecular weight is 535 g/mol. The van der Waals surface area contributed by atoms with Crippen molar-refractivity contribution < 1.29 is 28.9 Å². The molecule has 0 aliphatic rings. The SMILES string of the molecule is C[Si](C)C.Fc1c[c-]c(-c2ccccn2)c(F)c1.[Ir].c1ccncc1. The zero-order valence-electron chi connectivity index (χ0n) is 14.3. The third-order valence-corrected chi connectivity index (χ3v) is 2.35. The topological polar surface area (TPSA) is 25.8 Å². The Morgan fingerprint density at radius 1 is 0.920 bits per heavy atom. The molecule has 2 radical (unpaired) electrons. The molecule has 0 amide bonds. The number of rotatable bonds is 1. The summed E-state index contributed by atoms with van der Waals surface area (Å²) in [6, 6.07) is 15.2. The van der Waals surface area contributed by atoms with Crippen LogP contribution in [0.4, 0.5) is 8.78 Å². The second-order valence-corrected chi connectivity index (χ2v) is 8.28. The van der Waals surface area contributed by atoms with Crippen molar-refractivity contribution in [2.75, 3.05) is 0 Å². The number of aromatic nitrogens is 2. The van der Waals surface area contributed by atoms with Gasteiger partial charge in [-0.25, -0.2) is 0 Å². The molecule has 2 nitrogen and oxygen atoms in total. The summed E-state index contributed by atoms with van der Waals surface area (Å²) in [6.07, 6.45) is 5.05. The van der Waals surface area contributed by atoms with Crippen LogP contribution in [0.3, 0.4) is 0 Å². The van der Waals surface area contributed by atoms with Crippen LogP contribution in [-0.2, 0) is 20.1 Å². The molecule has 0 unspecified atom stereocenters. The minimum Gasteiger partial charge on any atom is -0.305 e. The van der Waals surface area contributed by atoms with E-state index in [9.17, 15) is 8.78 Å². The van der Waals surface area contributed by atoms with Crippen LogP contribution in [0.5, 0.6) is 0 Å². The van der Waals surface area contributed by atoms with Crippen molar-refractivity contribution in [2.24, 2.45) is 0 Å². The van der Waals surface area contributed by atoms with Crippen LogP contribution < -0.4 is 0 Å². The summed E-state index contributed by atoms with van der Waals surface area (Å²) in [5.74, 6) is -1.29. The Bertz CT molecular complexity index is 669. The Labute approximate surface area is 163 Å². The summed E-state index contributed by atoms with van der Waals surface area (Å²) in [4.78, 5) is 7.73.